The average molecular weight is 445 g/mol. The Morgan fingerprint density at radius 1 is 1.27 bits per heavy atom. The summed E-state index contributed by atoms with van der Waals surface area (Å²) in [5, 5.41) is 15.8. The van der Waals surface area contributed by atoms with Crippen molar-refractivity contribution in [2.24, 2.45) is 11.1 Å². The predicted octanol–water partition coefficient (Wildman–Crippen LogP) is 1.90. The molecule has 0 bridgehead atoms. The number of nitrogens with one attached hydrogen (secondary N) is 2. The number of amides is 1. The first-order valence-corrected chi connectivity index (χ1v) is 11.0. The summed E-state index contributed by atoms with van der Waals surface area (Å²) in [7, 11) is 0. The van der Waals surface area contributed by atoms with Crippen molar-refractivity contribution in [3.63, 3.8) is 0 Å². The van der Waals surface area contributed by atoms with Crippen molar-refractivity contribution < 1.29 is 4.79 Å². The highest BCUT2D eigenvalue weighted by Gasteiger charge is 2.53. The van der Waals surface area contributed by atoms with E-state index < -0.39 is 0 Å². The van der Waals surface area contributed by atoms with Gasteiger partial charge in [0.05, 0.1) is 23.6 Å². The molecule has 0 radical (unpaired) electrons. The lowest BCUT2D eigenvalue weighted by Crippen LogP contribution is -2.73. The van der Waals surface area contributed by atoms with Crippen LogP contribution in [0.4, 0.5) is 5.69 Å². The SMILES string of the molecule is CC1(C(=O)N2CC(CN)(N/C=C(\C=N)c3cnn4c(-c5cccc(N)c5)cnc4c3)C2)CC1. The second-order valence-electron chi connectivity index (χ2n) is 9.38. The molecule has 3 aromatic rings. The number of carbonyl (C=O) groups excluding carboxylic acids is 1. The van der Waals surface area contributed by atoms with E-state index in [1.54, 1.807) is 23.1 Å². The van der Waals surface area contributed by atoms with E-state index in [0.29, 0.717) is 36.5 Å². The fourth-order valence-corrected chi connectivity index (χ4v) is 4.26. The van der Waals surface area contributed by atoms with Gasteiger partial charge in [0.15, 0.2) is 5.65 Å². The van der Waals surface area contributed by atoms with Crippen LogP contribution < -0.4 is 16.8 Å². The first kappa shape index (κ1) is 21.1. The number of nitrogen functional groups attached to an aromatic ring is 1. The molecule has 1 aromatic carbocycles. The van der Waals surface area contributed by atoms with E-state index in [9.17, 15) is 4.79 Å². The lowest BCUT2D eigenvalue weighted by atomic mass is 9.88. The number of imidazole rings is 1. The smallest absolute Gasteiger partial charge is 0.228 e. The zero-order chi connectivity index (χ0) is 23.2. The van der Waals surface area contributed by atoms with Gasteiger partial charge < -0.3 is 27.1 Å². The first-order valence-electron chi connectivity index (χ1n) is 11.0. The molecule has 1 aliphatic carbocycles. The Morgan fingerprint density at radius 3 is 2.73 bits per heavy atom. The molecule has 33 heavy (non-hydrogen) atoms. The maximum Gasteiger partial charge on any atom is 0.228 e. The van der Waals surface area contributed by atoms with Crippen molar-refractivity contribution in [1.29, 1.82) is 5.41 Å². The Labute approximate surface area is 192 Å². The van der Waals surface area contributed by atoms with Crippen LogP contribution in [0.2, 0.25) is 0 Å². The van der Waals surface area contributed by atoms with Crippen molar-refractivity contribution >= 4 is 29.0 Å². The van der Waals surface area contributed by atoms with Gasteiger partial charge in [0.1, 0.15) is 0 Å². The number of nitrogens with zero attached hydrogens (tertiary/aromatic N) is 4. The Kier molecular flexibility index (Phi) is 4.93. The number of likely N-dealkylation sites (tertiary alicyclic amines) is 1. The van der Waals surface area contributed by atoms with Gasteiger partial charge >= 0.3 is 0 Å². The molecule has 1 saturated heterocycles. The highest BCUT2D eigenvalue weighted by atomic mass is 16.2. The number of benzene rings is 1. The zero-order valence-corrected chi connectivity index (χ0v) is 18.6. The fourth-order valence-electron chi connectivity index (χ4n) is 4.26. The van der Waals surface area contributed by atoms with E-state index in [0.717, 1.165) is 29.7 Å². The summed E-state index contributed by atoms with van der Waals surface area (Å²) < 4.78 is 1.75. The number of anilines is 1. The fraction of sp³-hybridized carbons (Fsp3) is 0.333. The van der Waals surface area contributed by atoms with Crippen LogP contribution in [0.3, 0.4) is 0 Å². The summed E-state index contributed by atoms with van der Waals surface area (Å²) in [6.07, 6.45) is 8.46. The van der Waals surface area contributed by atoms with Crippen molar-refractivity contribution in [3.05, 3.63) is 54.5 Å². The molecule has 0 atom stereocenters. The minimum Gasteiger partial charge on any atom is -0.399 e. The summed E-state index contributed by atoms with van der Waals surface area (Å²) in [6.45, 7) is 3.56. The zero-order valence-electron chi connectivity index (χ0n) is 18.6. The Hall–Kier alpha value is -3.72. The van der Waals surface area contributed by atoms with E-state index in [-0.39, 0.29) is 16.9 Å². The normalized spacial score (nSPS) is 18.6. The summed E-state index contributed by atoms with van der Waals surface area (Å²) in [4.78, 5) is 18.9. The number of rotatable bonds is 7. The van der Waals surface area contributed by atoms with Crippen molar-refractivity contribution in [3.8, 4) is 11.3 Å². The molecule has 2 aromatic heterocycles. The van der Waals surface area contributed by atoms with Gasteiger partial charge in [0.2, 0.25) is 5.91 Å². The number of carbonyl (C=O) groups is 1. The second-order valence-corrected chi connectivity index (χ2v) is 9.38. The van der Waals surface area contributed by atoms with Crippen LogP contribution in [0, 0.1) is 10.8 Å². The molecule has 1 aliphatic heterocycles. The van der Waals surface area contributed by atoms with Gasteiger partial charge in [-0.2, -0.15) is 5.10 Å². The Bertz CT molecular complexity index is 1270. The molecule has 6 N–H and O–H groups in total. The predicted molar refractivity (Wildman–Crippen MR) is 128 cm³/mol. The minimum absolute atomic E-state index is 0.174. The topological polar surface area (TPSA) is 138 Å². The van der Waals surface area contributed by atoms with Gasteiger partial charge in [-0.1, -0.05) is 19.1 Å². The standard InChI is InChI=1S/C24H28N8O/c1-23(5-6-23)22(33)31-14-24(13-26,15-31)29-10-18(9-25)17-8-21-28-12-20(32(21)30-11-17)16-3-2-4-19(27)7-16/h2-4,7-12,25,29H,5-6,13-15,26-27H2,1H3/b18-10+,25-9?. The van der Waals surface area contributed by atoms with Gasteiger partial charge in [-0.25, -0.2) is 9.50 Å². The molecule has 0 spiro atoms. The molecule has 2 fully saturated rings. The number of hydrogen-bond acceptors (Lipinski definition) is 7. The van der Waals surface area contributed by atoms with Gasteiger partial charge in [0.25, 0.3) is 0 Å². The molecule has 0 unspecified atom stereocenters. The highest BCUT2D eigenvalue weighted by Crippen LogP contribution is 2.47. The summed E-state index contributed by atoms with van der Waals surface area (Å²) in [5.41, 5.74) is 16.0. The number of hydrogen-bond donors (Lipinski definition) is 4. The molecule has 5 rings (SSSR count). The second kappa shape index (κ2) is 7.70. The summed E-state index contributed by atoms with van der Waals surface area (Å²) >= 11 is 0. The molecule has 170 valence electrons. The minimum atomic E-state index is -0.375. The van der Waals surface area contributed by atoms with E-state index in [4.69, 9.17) is 16.9 Å². The molecule has 3 heterocycles. The van der Waals surface area contributed by atoms with Gasteiger partial charge in [-0.3, -0.25) is 4.79 Å². The Morgan fingerprint density at radius 2 is 2.06 bits per heavy atom. The lowest BCUT2D eigenvalue weighted by Gasteiger charge is -2.50. The van der Waals surface area contributed by atoms with Crippen LogP contribution in [-0.4, -0.2) is 56.8 Å². The monoisotopic (exact) mass is 444 g/mol. The first-order chi connectivity index (χ1) is 15.9. The van der Waals surface area contributed by atoms with Crippen LogP contribution in [0.5, 0.6) is 0 Å². The molecule has 9 nitrogen and oxygen atoms in total. The maximum atomic E-state index is 12.6. The van der Waals surface area contributed by atoms with Gasteiger partial charge in [-0.15, -0.1) is 0 Å². The highest BCUT2D eigenvalue weighted by molar-refractivity contribution is 6.08. The number of nitrogens with two attached hydrogens (primary N) is 2. The number of aromatic nitrogens is 3. The summed E-state index contributed by atoms with van der Waals surface area (Å²) in [5.74, 6) is 0.217. The van der Waals surface area contributed by atoms with Crippen molar-refractivity contribution in [2.75, 3.05) is 25.4 Å². The third-order valence-electron chi connectivity index (χ3n) is 6.75. The van der Waals surface area contributed by atoms with E-state index >= 15 is 0 Å². The number of fused-ring (bicyclic) bond motifs is 1. The van der Waals surface area contributed by atoms with Crippen LogP contribution in [0.15, 0.2) is 48.9 Å². The summed E-state index contributed by atoms with van der Waals surface area (Å²) in [6, 6.07) is 9.47. The van der Waals surface area contributed by atoms with Gasteiger partial charge in [0, 0.05) is 59.9 Å². The van der Waals surface area contributed by atoms with Crippen LogP contribution in [-0.2, 0) is 4.79 Å². The van der Waals surface area contributed by atoms with Crippen LogP contribution >= 0.6 is 0 Å². The van der Waals surface area contributed by atoms with Crippen LogP contribution in [0.25, 0.3) is 22.5 Å². The molecule has 9 heteroatoms. The van der Waals surface area contributed by atoms with Gasteiger partial charge in [-0.05, 0) is 31.0 Å². The third kappa shape index (κ3) is 3.74. The molecule has 1 amide bonds. The molecular formula is C24H28N8O. The quantitative estimate of drug-likeness (QED) is 0.324. The number of allylic oxidation sites excluding steroid dienone is 1. The average Bonchev–Trinajstić information content (AvgIpc) is 3.40. The molecular weight excluding hydrogens is 416 g/mol. The van der Waals surface area contributed by atoms with Crippen molar-refractivity contribution in [2.45, 2.75) is 25.3 Å². The van der Waals surface area contributed by atoms with E-state index in [1.165, 1.54) is 6.21 Å². The third-order valence-corrected chi connectivity index (χ3v) is 6.75. The van der Waals surface area contributed by atoms with Crippen molar-refractivity contribution in [1.82, 2.24) is 24.8 Å². The maximum absolute atomic E-state index is 12.6. The van der Waals surface area contributed by atoms with E-state index in [2.05, 4.69) is 15.4 Å². The largest absolute Gasteiger partial charge is 0.399 e. The van der Waals surface area contributed by atoms with Crippen LogP contribution in [0.1, 0.15) is 25.3 Å². The molecule has 1 saturated carbocycles. The molecule has 2 aliphatic rings. The Balaban J connectivity index is 1.35. The lowest BCUT2D eigenvalue weighted by molar-refractivity contribution is -0.144. The van der Waals surface area contributed by atoms with E-state index in [1.807, 2.05) is 42.2 Å².